The zero-order chi connectivity index (χ0) is 9.68. The molecule has 3 N–H and O–H groups in total. The number of carbonyl (C=O) groups is 1. The van der Waals surface area contributed by atoms with Crippen LogP contribution in [-0.2, 0) is 4.79 Å². The molecule has 0 radical (unpaired) electrons. The molecule has 0 bridgehead atoms. The maximum atomic E-state index is 11.7. The van der Waals surface area contributed by atoms with Crippen LogP contribution in [0.5, 0.6) is 0 Å². The number of rotatable bonds is 4. The summed E-state index contributed by atoms with van der Waals surface area (Å²) in [5.41, 5.74) is 0. The first-order valence-electron chi connectivity index (χ1n) is 4.88. The van der Waals surface area contributed by atoms with Crippen molar-refractivity contribution >= 4 is 5.78 Å². The van der Waals surface area contributed by atoms with Gasteiger partial charge >= 0.3 is 0 Å². The van der Waals surface area contributed by atoms with Crippen LogP contribution in [0.3, 0.4) is 0 Å². The molecule has 1 heterocycles. The van der Waals surface area contributed by atoms with Crippen molar-refractivity contribution in [1.29, 1.82) is 0 Å². The Kier molecular flexibility index (Phi) is 4.35. The van der Waals surface area contributed by atoms with Gasteiger partial charge in [0.2, 0.25) is 0 Å². The molecule has 13 heavy (non-hydrogen) atoms. The lowest BCUT2D eigenvalue weighted by Crippen LogP contribution is -2.54. The van der Waals surface area contributed by atoms with Crippen LogP contribution in [0, 0.1) is 5.92 Å². The van der Waals surface area contributed by atoms with Gasteiger partial charge in [-0.3, -0.25) is 4.79 Å². The molecule has 0 aliphatic carbocycles. The van der Waals surface area contributed by atoms with E-state index in [1.807, 2.05) is 14.0 Å². The Labute approximate surface area is 79.5 Å². The van der Waals surface area contributed by atoms with Crippen LogP contribution in [0.2, 0.25) is 0 Å². The number of piperazine rings is 1. The summed E-state index contributed by atoms with van der Waals surface area (Å²) in [6.45, 7) is 5.35. The molecule has 4 heteroatoms. The van der Waals surface area contributed by atoms with Crippen molar-refractivity contribution in [1.82, 2.24) is 16.0 Å². The van der Waals surface area contributed by atoms with E-state index >= 15 is 0 Å². The molecule has 0 spiro atoms. The van der Waals surface area contributed by atoms with E-state index in [1.165, 1.54) is 0 Å². The fraction of sp³-hybridized carbons (Fsp3) is 0.889. The van der Waals surface area contributed by atoms with Crippen LogP contribution in [-0.4, -0.2) is 45.1 Å². The number of hydrogen-bond acceptors (Lipinski definition) is 4. The first kappa shape index (κ1) is 10.6. The van der Waals surface area contributed by atoms with E-state index in [9.17, 15) is 4.79 Å². The molecule has 1 saturated heterocycles. The third-order valence-corrected chi connectivity index (χ3v) is 2.38. The van der Waals surface area contributed by atoms with Gasteiger partial charge < -0.3 is 16.0 Å². The lowest BCUT2D eigenvalue weighted by atomic mass is 9.99. The van der Waals surface area contributed by atoms with Gasteiger partial charge in [0.05, 0.1) is 6.04 Å². The minimum atomic E-state index is 0.0112. The standard InChI is InChI=1S/C9H19N3O/c1-7(5-10-2)9(13)8-6-11-3-4-12-8/h7-8,10-12H,3-6H2,1-2H3. The minimum absolute atomic E-state index is 0.0112. The van der Waals surface area contributed by atoms with Crippen LogP contribution in [0.25, 0.3) is 0 Å². The largest absolute Gasteiger partial charge is 0.319 e. The number of hydrogen-bond donors (Lipinski definition) is 3. The average Bonchev–Trinajstić information content (AvgIpc) is 2.18. The number of nitrogens with one attached hydrogen (secondary N) is 3. The van der Waals surface area contributed by atoms with Gasteiger partial charge in [-0.05, 0) is 7.05 Å². The van der Waals surface area contributed by atoms with Crippen molar-refractivity contribution in [3.8, 4) is 0 Å². The number of Topliss-reactive ketones (excluding diaryl/α,β-unsaturated/α-hetero) is 1. The predicted octanol–water partition coefficient (Wildman–Crippen LogP) is -1.03. The van der Waals surface area contributed by atoms with Crippen LogP contribution < -0.4 is 16.0 Å². The molecule has 1 rings (SSSR count). The van der Waals surface area contributed by atoms with Gasteiger partial charge in [-0.25, -0.2) is 0 Å². The third kappa shape index (κ3) is 3.06. The molecule has 1 fully saturated rings. The highest BCUT2D eigenvalue weighted by Gasteiger charge is 2.24. The molecule has 0 saturated carbocycles. The van der Waals surface area contributed by atoms with Gasteiger partial charge in [0.15, 0.2) is 5.78 Å². The molecular formula is C9H19N3O. The highest BCUT2D eigenvalue weighted by atomic mass is 16.1. The molecule has 2 unspecified atom stereocenters. The summed E-state index contributed by atoms with van der Waals surface area (Å²) in [5, 5.41) is 9.45. The normalized spacial score (nSPS) is 25.5. The Morgan fingerprint density at radius 2 is 2.38 bits per heavy atom. The van der Waals surface area contributed by atoms with Crippen LogP contribution in [0.1, 0.15) is 6.92 Å². The smallest absolute Gasteiger partial charge is 0.155 e. The van der Waals surface area contributed by atoms with Gasteiger partial charge in [0, 0.05) is 32.1 Å². The maximum absolute atomic E-state index is 11.7. The van der Waals surface area contributed by atoms with E-state index in [-0.39, 0.29) is 12.0 Å². The van der Waals surface area contributed by atoms with Crippen molar-refractivity contribution in [2.24, 2.45) is 5.92 Å². The molecule has 0 aromatic rings. The van der Waals surface area contributed by atoms with E-state index in [4.69, 9.17) is 0 Å². The van der Waals surface area contributed by atoms with Crippen LogP contribution in [0.15, 0.2) is 0 Å². The molecule has 0 amide bonds. The van der Waals surface area contributed by atoms with Gasteiger partial charge in [0.1, 0.15) is 0 Å². The van der Waals surface area contributed by atoms with Crippen LogP contribution >= 0.6 is 0 Å². The molecule has 0 aromatic heterocycles. The summed E-state index contributed by atoms with van der Waals surface area (Å²) in [4.78, 5) is 11.7. The first-order chi connectivity index (χ1) is 6.25. The summed E-state index contributed by atoms with van der Waals surface area (Å²) in [5.74, 6) is 0.406. The van der Waals surface area contributed by atoms with Crippen LogP contribution in [0.4, 0.5) is 0 Å². The molecule has 4 nitrogen and oxygen atoms in total. The molecule has 1 aliphatic rings. The fourth-order valence-corrected chi connectivity index (χ4v) is 1.60. The Morgan fingerprint density at radius 1 is 1.62 bits per heavy atom. The van der Waals surface area contributed by atoms with Crippen molar-refractivity contribution in [2.75, 3.05) is 33.2 Å². The van der Waals surface area contributed by atoms with Crippen molar-refractivity contribution < 1.29 is 4.79 Å². The highest BCUT2D eigenvalue weighted by Crippen LogP contribution is 2.01. The topological polar surface area (TPSA) is 53.2 Å². The number of carbonyl (C=O) groups excluding carboxylic acids is 1. The van der Waals surface area contributed by atoms with E-state index in [2.05, 4.69) is 16.0 Å². The Hall–Kier alpha value is -0.450. The molecule has 0 aromatic carbocycles. The zero-order valence-corrected chi connectivity index (χ0v) is 8.39. The summed E-state index contributed by atoms with van der Waals surface area (Å²) < 4.78 is 0. The van der Waals surface area contributed by atoms with E-state index < -0.39 is 0 Å². The summed E-state index contributed by atoms with van der Waals surface area (Å²) in [7, 11) is 1.87. The van der Waals surface area contributed by atoms with Gasteiger partial charge in [-0.1, -0.05) is 6.92 Å². The average molecular weight is 185 g/mol. The summed E-state index contributed by atoms with van der Waals surface area (Å²) in [6.07, 6.45) is 0. The van der Waals surface area contributed by atoms with Gasteiger partial charge in [-0.2, -0.15) is 0 Å². The van der Waals surface area contributed by atoms with Crippen molar-refractivity contribution in [3.05, 3.63) is 0 Å². The monoisotopic (exact) mass is 185 g/mol. The Morgan fingerprint density at radius 3 is 2.92 bits per heavy atom. The van der Waals surface area contributed by atoms with Crippen molar-refractivity contribution in [3.63, 3.8) is 0 Å². The van der Waals surface area contributed by atoms with Gasteiger partial charge in [-0.15, -0.1) is 0 Å². The molecule has 1 aliphatic heterocycles. The van der Waals surface area contributed by atoms with Crippen molar-refractivity contribution in [2.45, 2.75) is 13.0 Å². The Bertz CT molecular complexity index is 166. The van der Waals surface area contributed by atoms with E-state index in [0.717, 1.165) is 26.2 Å². The maximum Gasteiger partial charge on any atom is 0.155 e. The molecular weight excluding hydrogens is 166 g/mol. The summed E-state index contributed by atoms with van der Waals surface area (Å²) >= 11 is 0. The second-order valence-corrected chi connectivity index (χ2v) is 3.57. The lowest BCUT2D eigenvalue weighted by Gasteiger charge is -2.25. The number of ketones is 1. The van der Waals surface area contributed by atoms with Gasteiger partial charge in [0.25, 0.3) is 0 Å². The fourth-order valence-electron chi connectivity index (χ4n) is 1.60. The minimum Gasteiger partial charge on any atom is -0.319 e. The van der Waals surface area contributed by atoms with E-state index in [0.29, 0.717) is 5.78 Å². The molecule has 76 valence electrons. The SMILES string of the molecule is CNCC(C)C(=O)C1CNCCN1. The predicted molar refractivity (Wildman–Crippen MR) is 52.8 cm³/mol. The quantitative estimate of drug-likeness (QED) is 0.524. The summed E-state index contributed by atoms with van der Waals surface area (Å²) in [6, 6.07) is 0.0112. The second-order valence-electron chi connectivity index (χ2n) is 3.57. The Balaban J connectivity index is 2.36. The zero-order valence-electron chi connectivity index (χ0n) is 8.39. The van der Waals surface area contributed by atoms with E-state index in [1.54, 1.807) is 0 Å². The third-order valence-electron chi connectivity index (χ3n) is 2.38. The lowest BCUT2D eigenvalue weighted by molar-refractivity contribution is -0.124. The molecule has 2 atom stereocenters. The second kappa shape index (κ2) is 5.32. The first-order valence-corrected chi connectivity index (χ1v) is 4.88. The highest BCUT2D eigenvalue weighted by molar-refractivity contribution is 5.86.